The van der Waals surface area contributed by atoms with Gasteiger partial charge >= 0.3 is 5.97 Å². The molecule has 0 aliphatic carbocycles. The van der Waals surface area contributed by atoms with Gasteiger partial charge < -0.3 is 49.0 Å². The number of aliphatic carboxylic acids is 1. The highest BCUT2D eigenvalue weighted by molar-refractivity contribution is 7.98. The van der Waals surface area contributed by atoms with Gasteiger partial charge in [0.15, 0.2) is 5.96 Å². The molecule has 16 heteroatoms. The second-order valence-corrected chi connectivity index (χ2v) is 9.91. The Bertz CT molecular complexity index is 926. The number of aromatic nitrogens is 2. The number of nitrogens with two attached hydrogens (primary N) is 4. The zero-order valence-electron chi connectivity index (χ0n) is 22.2. The third kappa shape index (κ3) is 13.8. The number of unbranched alkanes of at least 4 members (excludes halogenated alkanes) is 1. The van der Waals surface area contributed by atoms with E-state index in [0.717, 1.165) is 0 Å². The molecule has 0 saturated carbocycles. The number of H-pyrrole nitrogens is 1. The van der Waals surface area contributed by atoms with Crippen molar-refractivity contribution in [3.8, 4) is 0 Å². The van der Waals surface area contributed by atoms with E-state index in [1.807, 2.05) is 6.26 Å². The zero-order valence-corrected chi connectivity index (χ0v) is 23.0. The fourth-order valence-electron chi connectivity index (χ4n) is 3.55. The van der Waals surface area contributed by atoms with Crippen LogP contribution in [-0.2, 0) is 25.6 Å². The number of carbonyl (C=O) groups excluding carboxylic acids is 3. The summed E-state index contributed by atoms with van der Waals surface area (Å²) < 4.78 is 0. The van der Waals surface area contributed by atoms with Gasteiger partial charge in [-0.15, -0.1) is 0 Å². The van der Waals surface area contributed by atoms with Crippen LogP contribution in [0, 0.1) is 0 Å². The highest BCUT2D eigenvalue weighted by Gasteiger charge is 2.30. The molecule has 0 aliphatic heterocycles. The predicted molar refractivity (Wildman–Crippen MR) is 150 cm³/mol. The van der Waals surface area contributed by atoms with E-state index in [1.165, 1.54) is 24.3 Å². The van der Waals surface area contributed by atoms with Crippen molar-refractivity contribution in [2.75, 3.05) is 25.1 Å². The molecule has 0 radical (unpaired) electrons. The maximum Gasteiger partial charge on any atom is 0.326 e. The predicted octanol–water partition coefficient (Wildman–Crippen LogP) is -2.25. The average molecular weight is 571 g/mol. The van der Waals surface area contributed by atoms with Gasteiger partial charge in [0.1, 0.15) is 18.1 Å². The molecule has 0 fully saturated rings. The van der Waals surface area contributed by atoms with Gasteiger partial charge in [-0.1, -0.05) is 0 Å². The molecule has 15 nitrogen and oxygen atoms in total. The largest absolute Gasteiger partial charge is 0.480 e. The van der Waals surface area contributed by atoms with Crippen molar-refractivity contribution >= 4 is 41.4 Å². The van der Waals surface area contributed by atoms with E-state index in [9.17, 15) is 24.3 Å². The minimum Gasteiger partial charge on any atom is -0.480 e. The Morgan fingerprint density at radius 1 is 1.00 bits per heavy atom. The lowest BCUT2D eigenvalue weighted by Gasteiger charge is -2.25. The number of thioether (sulfide) groups is 1. The Hall–Kier alpha value is -3.37. The number of aliphatic imine (C=N–C) groups is 1. The van der Waals surface area contributed by atoms with E-state index < -0.39 is 47.9 Å². The number of hydrogen-bond acceptors (Lipinski definition) is 9. The summed E-state index contributed by atoms with van der Waals surface area (Å²) in [7, 11) is 0. The van der Waals surface area contributed by atoms with Crippen LogP contribution in [0.4, 0.5) is 0 Å². The van der Waals surface area contributed by atoms with E-state index in [-0.39, 0.29) is 25.2 Å². The molecular formula is C23H42N10O5S. The lowest BCUT2D eigenvalue weighted by Crippen LogP contribution is -2.57. The number of nitrogens with one attached hydrogen (secondary N) is 4. The van der Waals surface area contributed by atoms with Crippen molar-refractivity contribution < 1.29 is 24.3 Å². The van der Waals surface area contributed by atoms with E-state index in [4.69, 9.17) is 22.9 Å². The first-order chi connectivity index (χ1) is 18.6. The minimum absolute atomic E-state index is 0.0280. The van der Waals surface area contributed by atoms with E-state index in [2.05, 4.69) is 30.9 Å². The number of carbonyl (C=O) groups is 4. The molecule has 0 bridgehead atoms. The third-order valence-electron chi connectivity index (χ3n) is 5.72. The van der Waals surface area contributed by atoms with Gasteiger partial charge in [0.05, 0.1) is 12.4 Å². The summed E-state index contributed by atoms with van der Waals surface area (Å²) in [6.07, 6.45) is 7.18. The molecule has 1 heterocycles. The Morgan fingerprint density at radius 3 is 2.26 bits per heavy atom. The number of aromatic amines is 1. The first-order valence-corrected chi connectivity index (χ1v) is 14.1. The number of carboxylic acids is 1. The highest BCUT2D eigenvalue weighted by Crippen LogP contribution is 2.07. The van der Waals surface area contributed by atoms with E-state index >= 15 is 0 Å². The van der Waals surface area contributed by atoms with Gasteiger partial charge in [-0.2, -0.15) is 11.8 Å². The SMILES string of the molecule is CSCCC(NC(=O)C(N)CCCN=C(N)N)C(=O)NC(Cc1cnc[nH]1)C(=O)NC(CCCCN)C(=O)O. The summed E-state index contributed by atoms with van der Waals surface area (Å²) in [6.45, 7) is 0.718. The average Bonchev–Trinajstić information content (AvgIpc) is 3.40. The standard InChI is InChI=1S/C23H42N10O5S/c1-39-10-7-16(31-19(34)15(25)5-4-9-29-23(26)27)20(35)33-18(11-14-12-28-13-30-14)21(36)32-17(22(37)38)6-2-3-8-24/h12-13,15-18H,2-11,24-25H2,1H3,(H,28,30)(H,31,34)(H,32,36)(H,33,35)(H,37,38)(H4,26,27,29). The maximum atomic E-state index is 13.3. The van der Waals surface area contributed by atoms with Crippen LogP contribution in [0.5, 0.6) is 0 Å². The first kappa shape index (κ1) is 33.7. The minimum atomic E-state index is -1.19. The molecule has 220 valence electrons. The Morgan fingerprint density at radius 2 is 1.67 bits per heavy atom. The summed E-state index contributed by atoms with van der Waals surface area (Å²) in [5.41, 5.74) is 22.6. The smallest absolute Gasteiger partial charge is 0.326 e. The number of carboxylic acid groups (broad SMARTS) is 1. The molecule has 1 rings (SSSR count). The molecule has 0 saturated heterocycles. The van der Waals surface area contributed by atoms with Crippen LogP contribution in [0.15, 0.2) is 17.5 Å². The summed E-state index contributed by atoms with van der Waals surface area (Å²) in [5, 5.41) is 17.4. The van der Waals surface area contributed by atoms with Crippen molar-refractivity contribution in [1.82, 2.24) is 25.9 Å². The summed E-state index contributed by atoms with van der Waals surface area (Å²) >= 11 is 1.48. The summed E-state index contributed by atoms with van der Waals surface area (Å²) in [4.78, 5) is 61.4. The molecule has 0 aliphatic rings. The molecule has 39 heavy (non-hydrogen) atoms. The molecule has 1 aromatic heterocycles. The van der Waals surface area contributed by atoms with Crippen molar-refractivity contribution in [3.63, 3.8) is 0 Å². The van der Waals surface area contributed by atoms with Gasteiger partial charge in [-0.25, -0.2) is 9.78 Å². The molecule has 4 unspecified atom stereocenters. The number of amides is 3. The second kappa shape index (κ2) is 18.8. The van der Waals surface area contributed by atoms with Crippen molar-refractivity contribution in [1.29, 1.82) is 0 Å². The van der Waals surface area contributed by atoms with E-state index in [0.29, 0.717) is 50.2 Å². The fourth-order valence-corrected chi connectivity index (χ4v) is 4.03. The molecule has 1 aromatic rings. The molecule has 4 atom stereocenters. The molecule has 0 aromatic carbocycles. The van der Waals surface area contributed by atoms with Gasteiger partial charge in [-0.05, 0) is 57.1 Å². The Labute approximate surface area is 232 Å². The quantitative estimate of drug-likeness (QED) is 0.0459. The lowest BCUT2D eigenvalue weighted by atomic mass is 10.1. The summed E-state index contributed by atoms with van der Waals surface area (Å²) in [5.74, 6) is -2.49. The van der Waals surface area contributed by atoms with Crippen LogP contribution in [0.1, 0.15) is 44.2 Å². The van der Waals surface area contributed by atoms with Crippen LogP contribution in [0.3, 0.4) is 0 Å². The third-order valence-corrected chi connectivity index (χ3v) is 6.37. The van der Waals surface area contributed by atoms with Crippen molar-refractivity contribution in [3.05, 3.63) is 18.2 Å². The first-order valence-electron chi connectivity index (χ1n) is 12.7. The van der Waals surface area contributed by atoms with Crippen LogP contribution in [-0.4, -0.2) is 94.0 Å². The van der Waals surface area contributed by atoms with Crippen LogP contribution in [0.2, 0.25) is 0 Å². The Kier molecular flexibility index (Phi) is 16.2. The van der Waals surface area contributed by atoms with Crippen LogP contribution >= 0.6 is 11.8 Å². The second-order valence-electron chi connectivity index (χ2n) is 8.92. The normalized spacial score (nSPS) is 13.9. The monoisotopic (exact) mass is 570 g/mol. The topological polar surface area (TPSA) is 270 Å². The number of rotatable bonds is 20. The van der Waals surface area contributed by atoms with Gasteiger partial charge in [-0.3, -0.25) is 19.4 Å². The van der Waals surface area contributed by atoms with Gasteiger partial charge in [0.25, 0.3) is 0 Å². The van der Waals surface area contributed by atoms with Crippen LogP contribution < -0.4 is 38.9 Å². The number of guanidine groups is 1. The number of imidazole rings is 1. The zero-order chi connectivity index (χ0) is 29.2. The Balaban J connectivity index is 2.95. The maximum absolute atomic E-state index is 13.3. The number of nitrogens with zero attached hydrogens (tertiary/aromatic N) is 2. The summed E-state index contributed by atoms with van der Waals surface area (Å²) in [6, 6.07) is -4.13. The molecule has 13 N–H and O–H groups in total. The van der Waals surface area contributed by atoms with Crippen molar-refractivity contribution in [2.45, 2.75) is 69.1 Å². The van der Waals surface area contributed by atoms with Crippen LogP contribution in [0.25, 0.3) is 0 Å². The lowest BCUT2D eigenvalue weighted by molar-refractivity contribution is -0.142. The van der Waals surface area contributed by atoms with Crippen molar-refractivity contribution in [2.24, 2.45) is 27.9 Å². The molecule has 0 spiro atoms. The van der Waals surface area contributed by atoms with Gasteiger partial charge in [0, 0.05) is 24.9 Å². The number of hydrogen-bond donors (Lipinski definition) is 9. The molecular weight excluding hydrogens is 528 g/mol. The van der Waals surface area contributed by atoms with E-state index in [1.54, 1.807) is 0 Å². The fraction of sp³-hybridized carbons (Fsp3) is 0.652. The highest BCUT2D eigenvalue weighted by atomic mass is 32.2. The van der Waals surface area contributed by atoms with Gasteiger partial charge in [0.2, 0.25) is 17.7 Å². The molecule has 3 amide bonds.